The van der Waals surface area contributed by atoms with Crippen LogP contribution >= 0.6 is 0 Å². The number of hydrogen-bond donors (Lipinski definition) is 2. The van der Waals surface area contributed by atoms with E-state index >= 15 is 0 Å². The Hall–Kier alpha value is -3.39. The molecule has 162 valence electrons. The fourth-order valence-corrected chi connectivity index (χ4v) is 4.40. The van der Waals surface area contributed by atoms with Gasteiger partial charge in [0.15, 0.2) is 0 Å². The van der Waals surface area contributed by atoms with Gasteiger partial charge < -0.3 is 10.1 Å². The molecule has 2 N–H and O–H groups in total. The monoisotopic (exact) mass is 442 g/mol. The minimum absolute atomic E-state index is 0.0105. The minimum atomic E-state index is -3.96. The average molecular weight is 443 g/mol. The van der Waals surface area contributed by atoms with Crippen LogP contribution in [0.3, 0.4) is 0 Å². The number of para-hydroxylation sites is 2. The van der Waals surface area contributed by atoms with Crippen molar-refractivity contribution in [2.24, 2.45) is 0 Å². The highest BCUT2D eigenvalue weighted by Crippen LogP contribution is 2.27. The third kappa shape index (κ3) is 5.21. The van der Waals surface area contributed by atoms with Gasteiger partial charge in [0.1, 0.15) is 11.6 Å². The molecule has 31 heavy (non-hydrogen) atoms. The number of aryl methyl sites for hydroxylation is 2. The second-order valence-electron chi connectivity index (χ2n) is 7.05. The molecule has 0 saturated heterocycles. The molecule has 0 saturated carbocycles. The molecule has 3 aromatic carbocycles. The maximum Gasteiger partial charge on any atom is 0.262 e. The highest BCUT2D eigenvalue weighted by Gasteiger charge is 2.20. The van der Waals surface area contributed by atoms with E-state index in [0.717, 1.165) is 5.56 Å². The Balaban J connectivity index is 1.81. The zero-order valence-electron chi connectivity index (χ0n) is 17.4. The summed E-state index contributed by atoms with van der Waals surface area (Å²) in [4.78, 5) is 12.6. The Morgan fingerprint density at radius 1 is 1.00 bits per heavy atom. The lowest BCUT2D eigenvalue weighted by Crippen LogP contribution is -2.23. The fourth-order valence-electron chi connectivity index (χ4n) is 3.06. The zero-order chi connectivity index (χ0) is 22.6. The average Bonchev–Trinajstić information content (AvgIpc) is 2.74. The number of sulfonamides is 1. The number of hydrogen-bond acceptors (Lipinski definition) is 4. The summed E-state index contributed by atoms with van der Waals surface area (Å²) in [6.07, 6.45) is 0. The SMILES string of the molecule is COc1ccccc1NS(=O)(=O)c1cc(C(=O)NCc2ccc(F)c(C)c2)ccc1C. The molecule has 0 atom stereocenters. The van der Waals surface area contributed by atoms with Gasteiger partial charge in [-0.05, 0) is 60.9 Å². The van der Waals surface area contributed by atoms with E-state index in [1.54, 1.807) is 62.4 Å². The van der Waals surface area contributed by atoms with Crippen molar-refractivity contribution < 1.29 is 22.3 Å². The van der Waals surface area contributed by atoms with E-state index in [2.05, 4.69) is 10.0 Å². The quantitative estimate of drug-likeness (QED) is 0.575. The molecular formula is C23H23FN2O4S. The second-order valence-corrected chi connectivity index (χ2v) is 8.70. The first kappa shape index (κ1) is 22.3. The van der Waals surface area contributed by atoms with Crippen molar-refractivity contribution in [1.29, 1.82) is 0 Å². The van der Waals surface area contributed by atoms with Crippen molar-refractivity contribution in [1.82, 2.24) is 5.32 Å². The van der Waals surface area contributed by atoms with Crippen LogP contribution in [-0.2, 0) is 16.6 Å². The summed E-state index contributed by atoms with van der Waals surface area (Å²) in [5.41, 5.74) is 2.21. The molecule has 6 nitrogen and oxygen atoms in total. The predicted octanol–water partition coefficient (Wildman–Crippen LogP) is 4.18. The van der Waals surface area contributed by atoms with Crippen LogP contribution in [0.25, 0.3) is 0 Å². The number of ether oxygens (including phenoxy) is 1. The highest BCUT2D eigenvalue weighted by atomic mass is 32.2. The standard InChI is InChI=1S/C23H23FN2O4S/c1-15-8-10-18(23(27)25-14-17-9-11-19(24)16(2)12-17)13-22(15)31(28,29)26-20-6-4-5-7-21(20)30-3/h4-13,26H,14H2,1-3H3,(H,25,27). The van der Waals surface area contributed by atoms with Gasteiger partial charge in [0, 0.05) is 12.1 Å². The third-order valence-corrected chi connectivity index (χ3v) is 6.27. The number of benzene rings is 3. The molecule has 0 fully saturated rings. The molecule has 0 aliphatic rings. The summed E-state index contributed by atoms with van der Waals surface area (Å²) in [5, 5.41) is 2.73. The number of carbonyl (C=O) groups is 1. The number of carbonyl (C=O) groups excluding carboxylic acids is 1. The summed E-state index contributed by atoms with van der Waals surface area (Å²) in [7, 11) is -2.51. The minimum Gasteiger partial charge on any atom is -0.495 e. The van der Waals surface area contributed by atoms with Crippen LogP contribution in [0.4, 0.5) is 10.1 Å². The van der Waals surface area contributed by atoms with Gasteiger partial charge in [-0.2, -0.15) is 0 Å². The Kier molecular flexibility index (Phi) is 6.60. The molecule has 0 bridgehead atoms. The normalized spacial score (nSPS) is 11.1. The molecule has 0 heterocycles. The van der Waals surface area contributed by atoms with Crippen molar-refractivity contribution >= 4 is 21.6 Å². The van der Waals surface area contributed by atoms with Crippen LogP contribution in [0, 0.1) is 19.7 Å². The Morgan fingerprint density at radius 2 is 1.74 bits per heavy atom. The highest BCUT2D eigenvalue weighted by molar-refractivity contribution is 7.92. The number of methoxy groups -OCH3 is 1. The second kappa shape index (κ2) is 9.18. The summed E-state index contributed by atoms with van der Waals surface area (Å²) in [6, 6.07) is 15.7. The van der Waals surface area contributed by atoms with E-state index in [4.69, 9.17) is 4.74 Å². The van der Waals surface area contributed by atoms with Crippen LogP contribution in [0.1, 0.15) is 27.0 Å². The van der Waals surface area contributed by atoms with Gasteiger partial charge >= 0.3 is 0 Å². The molecular weight excluding hydrogens is 419 g/mol. The lowest BCUT2D eigenvalue weighted by atomic mass is 10.1. The largest absolute Gasteiger partial charge is 0.495 e. The summed E-state index contributed by atoms with van der Waals surface area (Å²) in [6.45, 7) is 3.49. The van der Waals surface area contributed by atoms with E-state index in [0.29, 0.717) is 22.6 Å². The van der Waals surface area contributed by atoms with Crippen molar-refractivity contribution in [3.63, 3.8) is 0 Å². The maximum atomic E-state index is 13.4. The predicted molar refractivity (Wildman–Crippen MR) is 117 cm³/mol. The molecule has 1 amide bonds. The molecule has 3 aromatic rings. The van der Waals surface area contributed by atoms with E-state index in [-0.39, 0.29) is 22.8 Å². The number of anilines is 1. The summed E-state index contributed by atoms with van der Waals surface area (Å²) >= 11 is 0. The van der Waals surface area contributed by atoms with Gasteiger partial charge in [-0.1, -0.05) is 30.3 Å². The van der Waals surface area contributed by atoms with Gasteiger partial charge in [-0.15, -0.1) is 0 Å². The summed E-state index contributed by atoms with van der Waals surface area (Å²) < 4.78 is 47.1. The Labute approximate surface area is 181 Å². The number of rotatable bonds is 7. The van der Waals surface area contributed by atoms with Crippen LogP contribution in [0.2, 0.25) is 0 Å². The van der Waals surface area contributed by atoms with Crippen LogP contribution in [-0.4, -0.2) is 21.4 Å². The Morgan fingerprint density at radius 3 is 2.45 bits per heavy atom. The lowest BCUT2D eigenvalue weighted by molar-refractivity contribution is 0.0950. The van der Waals surface area contributed by atoms with E-state index in [1.165, 1.54) is 19.2 Å². The van der Waals surface area contributed by atoms with Crippen molar-refractivity contribution in [3.8, 4) is 5.75 Å². The van der Waals surface area contributed by atoms with E-state index in [1.807, 2.05) is 0 Å². The number of amides is 1. The molecule has 0 aliphatic carbocycles. The molecule has 8 heteroatoms. The maximum absolute atomic E-state index is 13.4. The van der Waals surface area contributed by atoms with Crippen LogP contribution < -0.4 is 14.8 Å². The van der Waals surface area contributed by atoms with Gasteiger partial charge in [-0.3, -0.25) is 9.52 Å². The van der Waals surface area contributed by atoms with Crippen molar-refractivity contribution in [2.45, 2.75) is 25.3 Å². The van der Waals surface area contributed by atoms with Crippen LogP contribution in [0.15, 0.2) is 65.6 Å². The topological polar surface area (TPSA) is 84.5 Å². The first-order valence-electron chi connectivity index (χ1n) is 9.51. The smallest absolute Gasteiger partial charge is 0.262 e. The van der Waals surface area contributed by atoms with E-state index in [9.17, 15) is 17.6 Å². The van der Waals surface area contributed by atoms with Crippen molar-refractivity contribution in [3.05, 3.63) is 88.7 Å². The fraction of sp³-hybridized carbons (Fsp3) is 0.174. The Bertz CT molecular complexity index is 1230. The first-order chi connectivity index (χ1) is 14.7. The first-order valence-corrected chi connectivity index (χ1v) is 11.0. The zero-order valence-corrected chi connectivity index (χ0v) is 18.2. The molecule has 0 spiro atoms. The molecule has 3 rings (SSSR count). The van der Waals surface area contributed by atoms with Gasteiger partial charge in [0.05, 0.1) is 17.7 Å². The van der Waals surface area contributed by atoms with Crippen molar-refractivity contribution in [2.75, 3.05) is 11.8 Å². The summed E-state index contributed by atoms with van der Waals surface area (Å²) in [5.74, 6) is -0.367. The van der Waals surface area contributed by atoms with Gasteiger partial charge in [0.2, 0.25) is 0 Å². The lowest BCUT2D eigenvalue weighted by Gasteiger charge is -2.14. The molecule has 0 radical (unpaired) electrons. The van der Waals surface area contributed by atoms with Gasteiger partial charge in [0.25, 0.3) is 15.9 Å². The number of halogens is 1. The molecule has 0 aromatic heterocycles. The number of nitrogens with one attached hydrogen (secondary N) is 2. The molecule has 0 aliphatic heterocycles. The third-order valence-electron chi connectivity index (χ3n) is 4.77. The molecule has 0 unspecified atom stereocenters. The van der Waals surface area contributed by atoms with Gasteiger partial charge in [-0.25, -0.2) is 12.8 Å². The van der Waals surface area contributed by atoms with Crippen LogP contribution in [0.5, 0.6) is 5.75 Å². The van der Waals surface area contributed by atoms with E-state index < -0.39 is 15.9 Å².